The van der Waals surface area contributed by atoms with Crippen LogP contribution in [0.25, 0.3) is 10.9 Å². The number of fused-ring (bicyclic) bond motifs is 1. The summed E-state index contributed by atoms with van der Waals surface area (Å²) in [6, 6.07) is 10.7. The average Bonchev–Trinajstić information content (AvgIpc) is 2.92. The number of pyridine rings is 1. The number of hydrogen-bond acceptors (Lipinski definition) is 3. The summed E-state index contributed by atoms with van der Waals surface area (Å²) in [7, 11) is 2.19. The first kappa shape index (κ1) is 14.6. The Labute approximate surface area is 130 Å². The molecule has 4 heteroatoms. The Morgan fingerprint density at radius 1 is 1.38 bits per heavy atom. The smallest absolute Gasteiger partial charge is 0.214 e. The molecule has 1 unspecified atom stereocenters. The fraction of sp³-hybridized carbons (Fsp3) is 0.471. The van der Waals surface area contributed by atoms with Gasteiger partial charge in [-0.05, 0) is 44.5 Å². The van der Waals surface area contributed by atoms with Crippen molar-refractivity contribution in [2.75, 3.05) is 20.2 Å². The van der Waals surface area contributed by atoms with Gasteiger partial charge >= 0.3 is 0 Å². The van der Waals surface area contributed by atoms with Gasteiger partial charge in [-0.3, -0.25) is 0 Å². The molecular formula is C17H21ClN2O. The second kappa shape index (κ2) is 6.63. The lowest BCUT2D eigenvalue weighted by molar-refractivity contribution is 0.229. The summed E-state index contributed by atoms with van der Waals surface area (Å²) in [4.78, 5) is 6.99. The van der Waals surface area contributed by atoms with E-state index in [1.807, 2.05) is 24.3 Å². The van der Waals surface area contributed by atoms with Crippen LogP contribution in [0.4, 0.5) is 0 Å². The van der Waals surface area contributed by atoms with E-state index in [1.54, 1.807) is 0 Å². The van der Waals surface area contributed by atoms with E-state index in [1.165, 1.54) is 19.4 Å². The highest BCUT2D eigenvalue weighted by atomic mass is 35.5. The molecule has 2 aromatic rings. The monoisotopic (exact) mass is 304 g/mol. The van der Waals surface area contributed by atoms with Crippen molar-refractivity contribution in [1.82, 2.24) is 9.88 Å². The van der Waals surface area contributed by atoms with Gasteiger partial charge in [0.25, 0.3) is 0 Å². The number of nitrogens with zero attached hydrogens (tertiary/aromatic N) is 2. The van der Waals surface area contributed by atoms with E-state index < -0.39 is 0 Å². The predicted molar refractivity (Wildman–Crippen MR) is 87.1 cm³/mol. The lowest BCUT2D eigenvalue weighted by Crippen LogP contribution is -2.26. The third-order valence-corrected chi connectivity index (χ3v) is 4.58. The number of ether oxygens (including phenoxy) is 1. The van der Waals surface area contributed by atoms with Crippen LogP contribution in [0.3, 0.4) is 0 Å². The van der Waals surface area contributed by atoms with Crippen molar-refractivity contribution in [2.45, 2.75) is 31.2 Å². The molecule has 2 heterocycles. The molecule has 0 aliphatic carbocycles. The number of alkyl halides is 1. The zero-order valence-corrected chi connectivity index (χ0v) is 13.1. The van der Waals surface area contributed by atoms with Crippen molar-refractivity contribution < 1.29 is 4.74 Å². The van der Waals surface area contributed by atoms with E-state index >= 15 is 0 Å². The van der Waals surface area contributed by atoms with E-state index in [0.717, 1.165) is 22.9 Å². The van der Waals surface area contributed by atoms with Crippen molar-refractivity contribution in [2.24, 2.45) is 0 Å². The fourth-order valence-corrected chi connectivity index (χ4v) is 3.27. The second-order valence-corrected chi connectivity index (χ2v) is 5.95. The maximum Gasteiger partial charge on any atom is 0.214 e. The van der Waals surface area contributed by atoms with Gasteiger partial charge in [0.1, 0.15) is 0 Å². The quantitative estimate of drug-likeness (QED) is 0.785. The van der Waals surface area contributed by atoms with E-state index in [9.17, 15) is 0 Å². The van der Waals surface area contributed by atoms with Crippen LogP contribution in [0.15, 0.2) is 30.3 Å². The third-order valence-electron chi connectivity index (χ3n) is 4.29. The molecule has 0 N–H and O–H groups in total. The summed E-state index contributed by atoms with van der Waals surface area (Å²) in [5.74, 6) is 1.16. The Hall–Kier alpha value is -1.32. The van der Waals surface area contributed by atoms with Crippen LogP contribution in [-0.4, -0.2) is 36.1 Å². The summed E-state index contributed by atoms with van der Waals surface area (Å²) >= 11 is 6.04. The van der Waals surface area contributed by atoms with E-state index in [4.69, 9.17) is 16.3 Å². The summed E-state index contributed by atoms with van der Waals surface area (Å²) in [5.41, 5.74) is 2.03. The molecule has 3 rings (SSSR count). The average molecular weight is 305 g/mol. The lowest BCUT2D eigenvalue weighted by atomic mass is 10.1. The van der Waals surface area contributed by atoms with Crippen molar-refractivity contribution in [3.63, 3.8) is 0 Å². The summed E-state index contributed by atoms with van der Waals surface area (Å²) in [5, 5.41) is 1.11. The zero-order chi connectivity index (χ0) is 14.7. The van der Waals surface area contributed by atoms with Gasteiger partial charge in [-0.25, -0.2) is 4.98 Å². The van der Waals surface area contributed by atoms with Gasteiger partial charge in [0.05, 0.1) is 12.1 Å². The minimum Gasteiger partial charge on any atom is -0.478 e. The van der Waals surface area contributed by atoms with Crippen LogP contribution in [0.1, 0.15) is 24.8 Å². The van der Waals surface area contributed by atoms with E-state index in [-0.39, 0.29) is 0 Å². The number of para-hydroxylation sites is 1. The normalized spacial score (nSPS) is 19.2. The van der Waals surface area contributed by atoms with Gasteiger partial charge in [0.2, 0.25) is 5.88 Å². The van der Waals surface area contributed by atoms with E-state index in [0.29, 0.717) is 24.4 Å². The molecule has 0 radical (unpaired) electrons. The number of benzene rings is 1. The summed E-state index contributed by atoms with van der Waals surface area (Å²) in [6.07, 6.45) is 3.63. The van der Waals surface area contributed by atoms with Crippen LogP contribution < -0.4 is 4.74 Å². The predicted octanol–water partition coefficient (Wildman–Crippen LogP) is 3.84. The van der Waals surface area contributed by atoms with Gasteiger partial charge in [0.15, 0.2) is 0 Å². The van der Waals surface area contributed by atoms with E-state index in [2.05, 4.69) is 23.0 Å². The molecule has 1 fully saturated rings. The largest absolute Gasteiger partial charge is 0.478 e. The Morgan fingerprint density at radius 3 is 3.00 bits per heavy atom. The molecule has 1 atom stereocenters. The molecule has 112 valence electrons. The Bertz CT molecular complexity index is 617. The molecule has 1 aliphatic rings. The van der Waals surface area contributed by atoms with Crippen LogP contribution >= 0.6 is 11.6 Å². The Kier molecular flexibility index (Phi) is 4.61. The second-order valence-electron chi connectivity index (χ2n) is 5.68. The van der Waals surface area contributed by atoms with Crippen molar-refractivity contribution >= 4 is 22.5 Å². The highest BCUT2D eigenvalue weighted by molar-refractivity contribution is 6.18. The molecule has 0 bridgehead atoms. The standard InChI is InChI=1S/C17H21ClN2O/c1-20-9-4-5-14(20)8-10-21-17-11-13(12-18)15-6-2-3-7-16(15)19-17/h2-3,6-7,11,14H,4-5,8-10,12H2,1H3. The zero-order valence-electron chi connectivity index (χ0n) is 12.4. The topological polar surface area (TPSA) is 25.4 Å². The number of aromatic nitrogens is 1. The molecule has 3 nitrogen and oxygen atoms in total. The first-order chi connectivity index (χ1) is 10.3. The van der Waals surface area contributed by atoms with Gasteiger partial charge in [0, 0.05) is 23.4 Å². The van der Waals surface area contributed by atoms with Crippen LogP contribution in [0.5, 0.6) is 5.88 Å². The van der Waals surface area contributed by atoms with Crippen molar-refractivity contribution in [3.05, 3.63) is 35.9 Å². The highest BCUT2D eigenvalue weighted by Crippen LogP contribution is 2.24. The number of hydrogen-bond donors (Lipinski definition) is 0. The molecule has 0 amide bonds. The van der Waals surface area contributed by atoms with Gasteiger partial charge in [-0.1, -0.05) is 18.2 Å². The first-order valence-electron chi connectivity index (χ1n) is 7.55. The lowest BCUT2D eigenvalue weighted by Gasteiger charge is -2.19. The molecule has 0 saturated carbocycles. The summed E-state index contributed by atoms with van der Waals surface area (Å²) < 4.78 is 5.87. The molecule has 1 saturated heterocycles. The maximum absolute atomic E-state index is 6.04. The molecule has 1 aromatic heterocycles. The van der Waals surface area contributed by atoms with Crippen molar-refractivity contribution in [3.8, 4) is 5.88 Å². The number of rotatable bonds is 5. The van der Waals surface area contributed by atoms with Gasteiger partial charge in [-0.2, -0.15) is 0 Å². The summed E-state index contributed by atoms with van der Waals surface area (Å²) in [6.45, 7) is 1.91. The van der Waals surface area contributed by atoms with Gasteiger partial charge in [-0.15, -0.1) is 11.6 Å². The minimum absolute atomic E-state index is 0.477. The first-order valence-corrected chi connectivity index (χ1v) is 8.09. The Morgan fingerprint density at radius 2 is 2.24 bits per heavy atom. The third kappa shape index (κ3) is 3.30. The number of halogens is 1. The highest BCUT2D eigenvalue weighted by Gasteiger charge is 2.20. The molecule has 1 aromatic carbocycles. The fourth-order valence-electron chi connectivity index (χ4n) is 3.05. The molecule has 0 spiro atoms. The molecule has 21 heavy (non-hydrogen) atoms. The van der Waals surface area contributed by atoms with Gasteiger partial charge < -0.3 is 9.64 Å². The van der Waals surface area contributed by atoms with Crippen molar-refractivity contribution in [1.29, 1.82) is 0 Å². The Balaban J connectivity index is 1.69. The molecule has 1 aliphatic heterocycles. The van der Waals surface area contributed by atoms with Crippen LogP contribution in [0, 0.1) is 0 Å². The maximum atomic E-state index is 6.04. The van der Waals surface area contributed by atoms with Crippen LogP contribution in [0.2, 0.25) is 0 Å². The SMILES string of the molecule is CN1CCCC1CCOc1cc(CCl)c2ccccc2n1. The van der Waals surface area contributed by atoms with Crippen LogP contribution in [-0.2, 0) is 5.88 Å². The number of likely N-dealkylation sites (tertiary alicyclic amines) is 1. The minimum atomic E-state index is 0.477. The molecular weight excluding hydrogens is 284 g/mol.